The zero-order valence-corrected chi connectivity index (χ0v) is 13.4. The van der Waals surface area contributed by atoms with Crippen LogP contribution in [0.1, 0.15) is 10.4 Å². The number of carbonyl (C=O) groups excluding carboxylic acids is 1. The summed E-state index contributed by atoms with van der Waals surface area (Å²) >= 11 is 2.90. The van der Waals surface area contributed by atoms with Crippen molar-refractivity contribution in [3.05, 3.63) is 59.9 Å². The summed E-state index contributed by atoms with van der Waals surface area (Å²) in [6.07, 6.45) is 0. The predicted octanol–water partition coefficient (Wildman–Crippen LogP) is 4.06. The molecule has 0 fully saturated rings. The minimum absolute atomic E-state index is 0.0636. The second kappa shape index (κ2) is 5.75. The number of para-hydroxylation sites is 1. The van der Waals surface area contributed by atoms with E-state index in [9.17, 15) is 9.18 Å². The molecule has 4 rings (SSSR count). The third-order valence-electron chi connectivity index (χ3n) is 3.41. The van der Waals surface area contributed by atoms with Crippen LogP contribution >= 0.6 is 23.1 Å². The van der Waals surface area contributed by atoms with Crippen molar-refractivity contribution in [1.29, 1.82) is 0 Å². The highest BCUT2D eigenvalue weighted by Gasteiger charge is 2.14. The minimum atomic E-state index is -0.349. The number of fused-ring (bicyclic) bond motifs is 3. The van der Waals surface area contributed by atoms with Gasteiger partial charge in [-0.1, -0.05) is 35.2 Å². The van der Waals surface area contributed by atoms with Gasteiger partial charge in [-0.2, -0.15) is 0 Å². The molecule has 4 aromatic rings. The number of thioether (sulfide) groups is 1. The SMILES string of the molecule is O=C(CSc1nnc2sc3ccccc3n12)c1ccc(F)cc1. The summed E-state index contributed by atoms with van der Waals surface area (Å²) in [7, 11) is 0. The van der Waals surface area contributed by atoms with Crippen molar-refractivity contribution < 1.29 is 9.18 Å². The molecule has 0 atom stereocenters. The number of nitrogens with zero attached hydrogens (tertiary/aromatic N) is 3. The maximum absolute atomic E-state index is 12.9. The lowest BCUT2D eigenvalue weighted by Crippen LogP contribution is -2.03. The summed E-state index contributed by atoms with van der Waals surface area (Å²) < 4.78 is 16.0. The van der Waals surface area contributed by atoms with Crippen molar-refractivity contribution in [3.63, 3.8) is 0 Å². The predicted molar refractivity (Wildman–Crippen MR) is 89.8 cm³/mol. The van der Waals surface area contributed by atoms with Gasteiger partial charge in [0.25, 0.3) is 0 Å². The normalized spacial score (nSPS) is 11.3. The van der Waals surface area contributed by atoms with Crippen molar-refractivity contribution in [2.75, 3.05) is 5.75 Å². The van der Waals surface area contributed by atoms with Gasteiger partial charge in [0.05, 0.1) is 16.0 Å². The number of Topliss-reactive ketones (excluding diaryl/α,β-unsaturated/α-hetero) is 1. The first-order valence-corrected chi connectivity index (χ1v) is 8.67. The van der Waals surface area contributed by atoms with E-state index in [-0.39, 0.29) is 17.4 Å². The number of halogens is 1. The van der Waals surface area contributed by atoms with Crippen molar-refractivity contribution in [1.82, 2.24) is 14.6 Å². The molecule has 0 spiro atoms. The molecule has 2 aromatic heterocycles. The Balaban J connectivity index is 1.60. The molecule has 114 valence electrons. The number of hydrogen-bond donors (Lipinski definition) is 0. The number of benzene rings is 2. The first-order valence-electron chi connectivity index (χ1n) is 6.86. The standard InChI is InChI=1S/C16H10FN3OS2/c17-11-7-5-10(6-8-11)13(21)9-22-15-18-19-16-20(15)12-3-1-2-4-14(12)23-16/h1-8H,9H2. The zero-order valence-electron chi connectivity index (χ0n) is 11.8. The van der Waals surface area contributed by atoms with E-state index in [2.05, 4.69) is 10.2 Å². The van der Waals surface area contributed by atoms with Gasteiger partial charge < -0.3 is 0 Å². The average molecular weight is 343 g/mol. The number of aromatic nitrogens is 3. The van der Waals surface area contributed by atoms with Gasteiger partial charge >= 0.3 is 0 Å². The van der Waals surface area contributed by atoms with E-state index >= 15 is 0 Å². The van der Waals surface area contributed by atoms with Crippen molar-refractivity contribution in [2.24, 2.45) is 0 Å². The fourth-order valence-corrected chi connectivity index (χ4v) is 4.16. The van der Waals surface area contributed by atoms with Crippen LogP contribution in [-0.2, 0) is 0 Å². The first kappa shape index (κ1) is 14.3. The molecule has 0 aliphatic rings. The Labute approximate surface area is 139 Å². The van der Waals surface area contributed by atoms with E-state index in [1.54, 1.807) is 11.3 Å². The van der Waals surface area contributed by atoms with E-state index in [1.807, 2.05) is 28.7 Å². The van der Waals surface area contributed by atoms with Crippen LogP contribution in [0.3, 0.4) is 0 Å². The van der Waals surface area contributed by atoms with Gasteiger partial charge in [0.15, 0.2) is 10.9 Å². The third-order valence-corrected chi connectivity index (χ3v) is 5.35. The molecule has 0 aliphatic carbocycles. The van der Waals surface area contributed by atoms with Crippen molar-refractivity contribution in [3.8, 4) is 0 Å². The summed E-state index contributed by atoms with van der Waals surface area (Å²) in [6.45, 7) is 0. The average Bonchev–Trinajstić information content (AvgIpc) is 3.12. The van der Waals surface area contributed by atoms with Crippen LogP contribution in [0.5, 0.6) is 0 Å². The van der Waals surface area contributed by atoms with Crippen LogP contribution in [0.15, 0.2) is 53.7 Å². The van der Waals surface area contributed by atoms with Crippen LogP contribution in [0.25, 0.3) is 15.2 Å². The Bertz CT molecular complexity index is 1010. The van der Waals surface area contributed by atoms with E-state index < -0.39 is 0 Å². The Morgan fingerprint density at radius 3 is 2.74 bits per heavy atom. The maximum Gasteiger partial charge on any atom is 0.217 e. The number of rotatable bonds is 4. The van der Waals surface area contributed by atoms with Gasteiger partial charge in [-0.3, -0.25) is 9.20 Å². The lowest BCUT2D eigenvalue weighted by molar-refractivity contribution is 0.102. The second-order valence-electron chi connectivity index (χ2n) is 4.89. The molecule has 2 heterocycles. The molecule has 4 nitrogen and oxygen atoms in total. The fourth-order valence-electron chi connectivity index (χ4n) is 2.30. The maximum atomic E-state index is 12.9. The second-order valence-corrected chi connectivity index (χ2v) is 6.84. The third kappa shape index (κ3) is 2.62. The highest BCUT2D eigenvalue weighted by molar-refractivity contribution is 7.99. The molecule has 2 aromatic carbocycles. The van der Waals surface area contributed by atoms with E-state index in [0.717, 1.165) is 15.2 Å². The molecule has 0 aliphatic heterocycles. The summed E-state index contributed by atoms with van der Waals surface area (Å²) in [5.41, 5.74) is 1.53. The van der Waals surface area contributed by atoms with Gasteiger partial charge in [0.2, 0.25) is 4.96 Å². The lowest BCUT2D eigenvalue weighted by atomic mass is 10.1. The van der Waals surface area contributed by atoms with Gasteiger partial charge in [-0.25, -0.2) is 4.39 Å². The number of hydrogen-bond acceptors (Lipinski definition) is 5. The summed E-state index contributed by atoms with van der Waals surface area (Å²) in [6, 6.07) is 13.6. The lowest BCUT2D eigenvalue weighted by Gasteiger charge is -2.00. The molecule has 0 saturated carbocycles. The van der Waals surface area contributed by atoms with Crippen LogP contribution in [-0.4, -0.2) is 26.1 Å². The Hall–Kier alpha value is -2.25. The van der Waals surface area contributed by atoms with Gasteiger partial charge in [0.1, 0.15) is 5.82 Å². The molecule has 0 saturated heterocycles. The van der Waals surface area contributed by atoms with Gasteiger partial charge in [-0.05, 0) is 36.4 Å². The molecule has 0 unspecified atom stereocenters. The summed E-state index contributed by atoms with van der Waals surface area (Å²) in [5.74, 6) is -0.180. The minimum Gasteiger partial charge on any atom is -0.293 e. The molecule has 0 amide bonds. The smallest absolute Gasteiger partial charge is 0.217 e. The van der Waals surface area contributed by atoms with E-state index in [0.29, 0.717) is 10.7 Å². The molecule has 0 N–H and O–H groups in total. The van der Waals surface area contributed by atoms with Crippen LogP contribution in [0, 0.1) is 5.82 Å². The van der Waals surface area contributed by atoms with Gasteiger partial charge in [0, 0.05) is 5.56 Å². The van der Waals surface area contributed by atoms with Crippen LogP contribution < -0.4 is 0 Å². The molecule has 0 bridgehead atoms. The number of thiazole rings is 1. The topological polar surface area (TPSA) is 47.3 Å². The molecule has 0 radical (unpaired) electrons. The van der Waals surface area contributed by atoms with E-state index in [1.165, 1.54) is 36.0 Å². The van der Waals surface area contributed by atoms with Crippen LogP contribution in [0.4, 0.5) is 4.39 Å². The largest absolute Gasteiger partial charge is 0.293 e. The zero-order chi connectivity index (χ0) is 15.8. The number of carbonyl (C=O) groups is 1. The quantitative estimate of drug-likeness (QED) is 0.414. The Morgan fingerprint density at radius 1 is 1.13 bits per heavy atom. The molecule has 7 heteroatoms. The monoisotopic (exact) mass is 343 g/mol. The number of ketones is 1. The van der Waals surface area contributed by atoms with Crippen LogP contribution in [0.2, 0.25) is 0 Å². The fraction of sp³-hybridized carbons (Fsp3) is 0.0625. The Morgan fingerprint density at radius 2 is 1.91 bits per heavy atom. The highest BCUT2D eigenvalue weighted by atomic mass is 32.2. The first-order chi connectivity index (χ1) is 11.2. The molecular formula is C16H10FN3OS2. The van der Waals surface area contributed by atoms with E-state index in [4.69, 9.17) is 0 Å². The molecular weight excluding hydrogens is 333 g/mol. The van der Waals surface area contributed by atoms with Gasteiger partial charge in [-0.15, -0.1) is 10.2 Å². The Kier molecular flexibility index (Phi) is 3.59. The summed E-state index contributed by atoms with van der Waals surface area (Å²) in [5, 5.41) is 9.02. The van der Waals surface area contributed by atoms with Crippen molar-refractivity contribution >= 4 is 44.1 Å². The highest BCUT2D eigenvalue weighted by Crippen LogP contribution is 2.29. The summed E-state index contributed by atoms with van der Waals surface area (Å²) in [4.78, 5) is 13.0. The molecule has 23 heavy (non-hydrogen) atoms. The van der Waals surface area contributed by atoms with Crippen molar-refractivity contribution in [2.45, 2.75) is 5.16 Å².